The molecule has 2 aromatic rings. The normalized spacial score (nSPS) is 14.7. The summed E-state index contributed by atoms with van der Waals surface area (Å²) in [6, 6.07) is 10.1. The number of hydrogen-bond acceptors (Lipinski definition) is 2. The molecule has 0 bridgehead atoms. The van der Waals surface area contributed by atoms with Crippen molar-refractivity contribution >= 4 is 33.3 Å². The van der Waals surface area contributed by atoms with Crippen LogP contribution in [0.25, 0.3) is 0 Å². The van der Waals surface area contributed by atoms with Crippen molar-refractivity contribution in [1.29, 1.82) is 0 Å². The minimum atomic E-state index is -0.269. The van der Waals surface area contributed by atoms with Crippen molar-refractivity contribution in [1.82, 2.24) is 0 Å². The highest BCUT2D eigenvalue weighted by Crippen LogP contribution is 2.31. The highest BCUT2D eigenvalue weighted by atomic mass is 79.9. The molecule has 1 aliphatic rings. The van der Waals surface area contributed by atoms with Crippen LogP contribution in [0.5, 0.6) is 0 Å². The summed E-state index contributed by atoms with van der Waals surface area (Å²) in [5, 5.41) is 0. The fraction of sp³-hybridized carbons (Fsp3) is 0.222. The lowest BCUT2D eigenvalue weighted by molar-refractivity contribution is -0.118. The Morgan fingerprint density at radius 2 is 1.91 bits per heavy atom. The number of ketones is 1. The van der Waals surface area contributed by atoms with Gasteiger partial charge in [-0.2, -0.15) is 0 Å². The van der Waals surface area contributed by atoms with Crippen molar-refractivity contribution in [3.63, 3.8) is 0 Å². The zero-order valence-corrected chi connectivity index (χ0v) is 14.2. The highest BCUT2D eigenvalue weighted by Gasteiger charge is 2.27. The Kier molecular flexibility index (Phi) is 4.31. The number of benzene rings is 2. The lowest BCUT2D eigenvalue weighted by atomic mass is 10.1. The van der Waals surface area contributed by atoms with E-state index in [0.717, 1.165) is 10.0 Å². The number of aryl methyl sites for hydroxylation is 1. The minimum absolute atomic E-state index is 0.0290. The van der Waals surface area contributed by atoms with Crippen molar-refractivity contribution in [3.8, 4) is 0 Å². The lowest BCUT2D eigenvalue weighted by Gasteiger charge is -2.23. The largest absolute Gasteiger partial charge is 0.307 e. The van der Waals surface area contributed by atoms with Gasteiger partial charge in [-0.25, -0.2) is 4.39 Å². The van der Waals surface area contributed by atoms with Crippen LogP contribution in [0.15, 0.2) is 40.9 Å². The molecule has 2 aromatic carbocycles. The van der Waals surface area contributed by atoms with Gasteiger partial charge in [-0.05, 0) is 42.3 Å². The number of halogens is 2. The van der Waals surface area contributed by atoms with Gasteiger partial charge in [0.15, 0.2) is 5.78 Å². The van der Waals surface area contributed by atoms with E-state index in [1.165, 1.54) is 6.07 Å². The zero-order chi connectivity index (χ0) is 16.6. The average Bonchev–Trinajstić information content (AvgIpc) is 2.63. The molecule has 0 saturated heterocycles. The number of rotatable bonds is 2. The molecule has 1 aliphatic heterocycles. The van der Waals surface area contributed by atoms with Crippen LogP contribution in [0, 0.1) is 12.7 Å². The van der Waals surface area contributed by atoms with Crippen molar-refractivity contribution < 1.29 is 14.0 Å². The van der Waals surface area contributed by atoms with Crippen LogP contribution in [-0.2, 0) is 11.3 Å². The van der Waals surface area contributed by atoms with Crippen LogP contribution in [0.3, 0.4) is 0 Å². The predicted octanol–water partition coefficient (Wildman–Crippen LogP) is 4.41. The Balaban J connectivity index is 2.04. The average molecular weight is 376 g/mol. The molecule has 3 nitrogen and oxygen atoms in total. The van der Waals surface area contributed by atoms with Crippen molar-refractivity contribution in [2.45, 2.75) is 26.3 Å². The number of carbonyl (C=O) groups excluding carboxylic acids is 2. The molecule has 0 atom stereocenters. The molecule has 0 unspecified atom stereocenters. The summed E-state index contributed by atoms with van der Waals surface area (Å²) in [4.78, 5) is 26.3. The molecule has 23 heavy (non-hydrogen) atoms. The fourth-order valence-corrected chi connectivity index (χ4v) is 3.10. The maximum absolute atomic E-state index is 13.4. The first kappa shape index (κ1) is 15.9. The molecule has 5 heteroatoms. The summed E-state index contributed by atoms with van der Waals surface area (Å²) < 4.78 is 14.2. The van der Waals surface area contributed by atoms with E-state index >= 15 is 0 Å². The number of nitrogens with zero attached hydrogens (tertiary/aromatic N) is 1. The van der Waals surface area contributed by atoms with E-state index in [9.17, 15) is 14.0 Å². The van der Waals surface area contributed by atoms with Gasteiger partial charge in [-0.3, -0.25) is 9.59 Å². The second-order valence-electron chi connectivity index (χ2n) is 5.65. The highest BCUT2D eigenvalue weighted by molar-refractivity contribution is 9.10. The number of hydrogen-bond donors (Lipinski definition) is 0. The Morgan fingerprint density at radius 1 is 1.13 bits per heavy atom. The third-order valence-corrected chi connectivity index (χ3v) is 4.47. The van der Waals surface area contributed by atoms with Crippen LogP contribution in [0.2, 0.25) is 0 Å². The standard InChI is InChI=1S/C18H15BrFNO2/c1-11-8-12(2-5-15(11)20)10-21-16-9-13(19)3-4-14(16)17(22)6-7-18(21)23/h2-5,8-9H,6-7,10H2,1H3. The molecule has 0 N–H and O–H groups in total. The van der Waals surface area contributed by atoms with Gasteiger partial charge in [0.2, 0.25) is 5.91 Å². The van der Waals surface area contributed by atoms with Crippen LogP contribution < -0.4 is 4.90 Å². The van der Waals surface area contributed by atoms with Gasteiger partial charge in [-0.15, -0.1) is 0 Å². The van der Waals surface area contributed by atoms with Crippen molar-refractivity contribution in [2.24, 2.45) is 0 Å². The molecular formula is C18H15BrFNO2. The Labute approximate surface area is 142 Å². The Morgan fingerprint density at radius 3 is 2.65 bits per heavy atom. The summed E-state index contributed by atoms with van der Waals surface area (Å²) >= 11 is 3.39. The molecule has 0 aliphatic carbocycles. The number of fused-ring (bicyclic) bond motifs is 1. The van der Waals surface area contributed by atoms with Gasteiger partial charge in [0.25, 0.3) is 0 Å². The summed E-state index contributed by atoms with van der Waals surface area (Å²) in [6.07, 6.45) is 0.401. The first-order chi connectivity index (χ1) is 11.0. The quantitative estimate of drug-likeness (QED) is 0.779. The molecule has 0 radical (unpaired) electrons. The molecule has 118 valence electrons. The van der Waals surface area contributed by atoms with E-state index in [4.69, 9.17) is 0 Å². The molecule has 1 amide bonds. The Bertz CT molecular complexity index is 804. The molecule has 0 saturated carbocycles. The number of Topliss-reactive ketones (excluding diaryl/α,β-unsaturated/α-hetero) is 1. The molecule has 0 fully saturated rings. The van der Waals surface area contributed by atoms with Crippen molar-refractivity contribution in [2.75, 3.05) is 4.90 Å². The SMILES string of the molecule is Cc1cc(CN2C(=O)CCC(=O)c3ccc(Br)cc32)ccc1F. The monoisotopic (exact) mass is 375 g/mol. The number of amides is 1. The van der Waals surface area contributed by atoms with Gasteiger partial charge < -0.3 is 4.90 Å². The van der Waals surface area contributed by atoms with Gasteiger partial charge in [0, 0.05) is 22.9 Å². The van der Waals surface area contributed by atoms with E-state index in [-0.39, 0.29) is 30.3 Å². The number of anilines is 1. The van der Waals surface area contributed by atoms with Crippen LogP contribution in [0.4, 0.5) is 10.1 Å². The second-order valence-corrected chi connectivity index (χ2v) is 6.56. The van der Waals surface area contributed by atoms with Crippen molar-refractivity contribution in [3.05, 3.63) is 63.4 Å². The van der Waals surface area contributed by atoms with Crippen LogP contribution >= 0.6 is 15.9 Å². The third kappa shape index (κ3) is 3.20. The molecule has 0 spiro atoms. The third-order valence-electron chi connectivity index (χ3n) is 3.98. The topological polar surface area (TPSA) is 37.4 Å². The predicted molar refractivity (Wildman–Crippen MR) is 90.0 cm³/mol. The first-order valence-electron chi connectivity index (χ1n) is 7.34. The lowest BCUT2D eigenvalue weighted by Crippen LogP contribution is -2.29. The van der Waals surface area contributed by atoms with Gasteiger partial charge in [-0.1, -0.05) is 28.1 Å². The molecular weight excluding hydrogens is 361 g/mol. The van der Waals surface area contributed by atoms with Gasteiger partial charge in [0.05, 0.1) is 12.2 Å². The zero-order valence-electron chi connectivity index (χ0n) is 12.6. The smallest absolute Gasteiger partial charge is 0.227 e. The first-order valence-corrected chi connectivity index (χ1v) is 8.13. The van der Waals surface area contributed by atoms with Gasteiger partial charge >= 0.3 is 0 Å². The molecule has 3 rings (SSSR count). The fourth-order valence-electron chi connectivity index (χ4n) is 2.75. The van der Waals surface area contributed by atoms with Gasteiger partial charge in [0.1, 0.15) is 5.82 Å². The Hall–Kier alpha value is -2.01. The van der Waals surface area contributed by atoms with E-state index in [1.807, 2.05) is 0 Å². The number of carbonyl (C=O) groups is 2. The summed E-state index contributed by atoms with van der Waals surface area (Å²) in [7, 11) is 0. The maximum atomic E-state index is 13.4. The van der Waals surface area contributed by atoms with E-state index < -0.39 is 0 Å². The molecule has 1 heterocycles. The molecule has 0 aromatic heterocycles. The maximum Gasteiger partial charge on any atom is 0.227 e. The van der Waals surface area contributed by atoms with Crippen LogP contribution in [-0.4, -0.2) is 11.7 Å². The van der Waals surface area contributed by atoms with E-state index in [0.29, 0.717) is 23.4 Å². The minimum Gasteiger partial charge on any atom is -0.307 e. The van der Waals surface area contributed by atoms with Crippen LogP contribution in [0.1, 0.15) is 34.3 Å². The summed E-state index contributed by atoms with van der Waals surface area (Å²) in [5.74, 6) is -0.398. The van der Waals surface area contributed by atoms with E-state index in [1.54, 1.807) is 42.2 Å². The summed E-state index contributed by atoms with van der Waals surface area (Å²) in [5.41, 5.74) is 2.53. The second kappa shape index (κ2) is 6.24. The summed E-state index contributed by atoms with van der Waals surface area (Å²) in [6.45, 7) is 2.01. The van der Waals surface area contributed by atoms with E-state index in [2.05, 4.69) is 15.9 Å².